The minimum atomic E-state index is -0.488. The van der Waals surface area contributed by atoms with Crippen molar-refractivity contribution in [2.45, 2.75) is 12.5 Å². The van der Waals surface area contributed by atoms with Gasteiger partial charge in [-0.2, -0.15) is 4.98 Å². The lowest BCUT2D eigenvalue weighted by atomic mass is 10.1. The molecule has 0 saturated carbocycles. The molecule has 0 saturated heterocycles. The first-order valence-corrected chi connectivity index (χ1v) is 7.37. The molecule has 3 rings (SSSR count). The molecule has 0 radical (unpaired) electrons. The number of aromatic nitrogens is 1. The number of nitrogens with zero attached hydrogens (tertiary/aromatic N) is 1. The number of hydrogen-bond acceptors (Lipinski definition) is 5. The summed E-state index contributed by atoms with van der Waals surface area (Å²) >= 11 is 0. The average Bonchev–Trinajstić information content (AvgIpc) is 2.95. The molecule has 4 N–H and O–H groups in total. The second-order valence-electron chi connectivity index (χ2n) is 5.42. The van der Waals surface area contributed by atoms with Crippen molar-refractivity contribution in [3.05, 3.63) is 59.4 Å². The Bertz CT molecular complexity index is 861. The number of benzene rings is 2. The van der Waals surface area contributed by atoms with E-state index in [4.69, 9.17) is 10.2 Å². The van der Waals surface area contributed by atoms with Crippen molar-refractivity contribution in [3.63, 3.8) is 0 Å². The summed E-state index contributed by atoms with van der Waals surface area (Å²) in [7, 11) is 0. The van der Waals surface area contributed by atoms with Crippen LogP contribution in [-0.4, -0.2) is 28.6 Å². The molecule has 3 aromatic rings. The van der Waals surface area contributed by atoms with Gasteiger partial charge in [0.15, 0.2) is 5.58 Å². The maximum Gasteiger partial charge on any atom is 0.292 e. The fourth-order valence-electron chi connectivity index (χ4n) is 2.42. The maximum absolute atomic E-state index is 12.9. The van der Waals surface area contributed by atoms with Gasteiger partial charge in [0.1, 0.15) is 11.3 Å². The van der Waals surface area contributed by atoms with Crippen molar-refractivity contribution in [1.29, 1.82) is 0 Å². The summed E-state index contributed by atoms with van der Waals surface area (Å²) in [5.41, 5.74) is 7.64. The summed E-state index contributed by atoms with van der Waals surface area (Å²) in [5, 5.41) is 12.2. The second-order valence-corrected chi connectivity index (χ2v) is 5.42. The number of nitrogens with two attached hydrogens (primary N) is 1. The van der Waals surface area contributed by atoms with E-state index in [2.05, 4.69) is 10.3 Å². The van der Waals surface area contributed by atoms with Crippen molar-refractivity contribution >= 4 is 23.0 Å². The lowest BCUT2D eigenvalue weighted by Gasteiger charge is -2.16. The Labute approximate surface area is 137 Å². The van der Waals surface area contributed by atoms with Crippen LogP contribution in [0.1, 0.15) is 15.9 Å². The van der Waals surface area contributed by atoms with Crippen LogP contribution in [0.3, 0.4) is 0 Å². The van der Waals surface area contributed by atoms with Crippen LogP contribution in [0.5, 0.6) is 0 Å². The molecule has 1 amide bonds. The van der Waals surface area contributed by atoms with Crippen LogP contribution in [0.2, 0.25) is 0 Å². The number of halogens is 1. The molecule has 0 fully saturated rings. The summed E-state index contributed by atoms with van der Waals surface area (Å²) in [5.74, 6) is -0.684. The molecule has 6 nitrogen and oxygen atoms in total. The number of rotatable bonds is 5. The zero-order valence-corrected chi connectivity index (χ0v) is 12.7. The lowest BCUT2D eigenvalue weighted by Crippen LogP contribution is -2.39. The zero-order valence-electron chi connectivity index (χ0n) is 12.7. The molecular formula is C17H16FN3O3. The fourth-order valence-corrected chi connectivity index (χ4v) is 2.42. The summed E-state index contributed by atoms with van der Waals surface area (Å²) in [6, 6.07) is 10.2. The quantitative estimate of drug-likeness (QED) is 0.663. The van der Waals surface area contributed by atoms with Gasteiger partial charge in [-0.3, -0.25) is 4.79 Å². The van der Waals surface area contributed by atoms with Crippen LogP contribution in [0.15, 0.2) is 46.9 Å². The van der Waals surface area contributed by atoms with Gasteiger partial charge >= 0.3 is 0 Å². The topological polar surface area (TPSA) is 101 Å². The van der Waals surface area contributed by atoms with Crippen molar-refractivity contribution in [2.24, 2.45) is 0 Å². The average molecular weight is 329 g/mol. The van der Waals surface area contributed by atoms with E-state index in [1.54, 1.807) is 30.3 Å². The standard InChI is InChI=1S/C17H16FN3O3/c18-12-4-1-10(2-5-12)7-13(9-22)20-16(23)11-3-6-14-15(8-11)24-17(19)21-14/h1-6,8,13,22H,7,9H2,(H2,19,21)(H,20,23). The molecular weight excluding hydrogens is 313 g/mol. The normalized spacial score (nSPS) is 12.2. The van der Waals surface area contributed by atoms with Gasteiger partial charge in [-0.15, -0.1) is 0 Å². The molecule has 0 aliphatic rings. The van der Waals surface area contributed by atoms with Crippen LogP contribution in [0.25, 0.3) is 11.1 Å². The number of fused-ring (bicyclic) bond motifs is 1. The molecule has 24 heavy (non-hydrogen) atoms. The van der Waals surface area contributed by atoms with E-state index in [0.717, 1.165) is 5.56 Å². The second kappa shape index (κ2) is 6.67. The Hall–Kier alpha value is -2.93. The summed E-state index contributed by atoms with van der Waals surface area (Å²) in [6.07, 6.45) is 0.389. The number of oxazole rings is 1. The van der Waals surface area contributed by atoms with Gasteiger partial charge in [-0.1, -0.05) is 12.1 Å². The Morgan fingerprint density at radius 3 is 2.75 bits per heavy atom. The first kappa shape index (κ1) is 15.9. The molecule has 1 unspecified atom stereocenters. The van der Waals surface area contributed by atoms with E-state index in [9.17, 15) is 14.3 Å². The van der Waals surface area contributed by atoms with Crippen LogP contribution in [0, 0.1) is 5.82 Å². The SMILES string of the molecule is Nc1nc2ccc(C(=O)NC(CO)Cc3ccc(F)cc3)cc2o1. The minimum Gasteiger partial charge on any atom is -0.424 e. The molecule has 1 heterocycles. The summed E-state index contributed by atoms with van der Waals surface area (Å²) in [4.78, 5) is 16.3. The molecule has 1 aromatic heterocycles. The molecule has 0 aliphatic carbocycles. The smallest absolute Gasteiger partial charge is 0.292 e. The monoisotopic (exact) mass is 329 g/mol. The largest absolute Gasteiger partial charge is 0.424 e. The molecule has 1 atom stereocenters. The van der Waals surface area contributed by atoms with Gasteiger partial charge in [-0.25, -0.2) is 4.39 Å². The van der Waals surface area contributed by atoms with Gasteiger partial charge in [0.2, 0.25) is 0 Å². The number of aliphatic hydroxyl groups is 1. The fraction of sp³-hybridized carbons (Fsp3) is 0.176. The van der Waals surface area contributed by atoms with E-state index in [0.29, 0.717) is 23.1 Å². The highest BCUT2D eigenvalue weighted by Crippen LogP contribution is 2.18. The van der Waals surface area contributed by atoms with Gasteiger partial charge in [-0.05, 0) is 42.3 Å². The number of nitrogens with one attached hydrogen (secondary N) is 1. The van der Waals surface area contributed by atoms with Crippen molar-refractivity contribution in [3.8, 4) is 0 Å². The number of carbonyl (C=O) groups is 1. The lowest BCUT2D eigenvalue weighted by molar-refractivity contribution is 0.0916. The summed E-state index contributed by atoms with van der Waals surface area (Å²) in [6.45, 7) is -0.235. The van der Waals surface area contributed by atoms with Gasteiger partial charge in [0.25, 0.3) is 11.9 Å². The van der Waals surface area contributed by atoms with Crippen LogP contribution in [0.4, 0.5) is 10.4 Å². The van der Waals surface area contributed by atoms with E-state index in [1.165, 1.54) is 12.1 Å². The predicted octanol–water partition coefficient (Wildman–Crippen LogP) is 1.88. The van der Waals surface area contributed by atoms with Crippen LogP contribution < -0.4 is 11.1 Å². The summed E-state index contributed by atoms with van der Waals surface area (Å²) < 4.78 is 18.1. The number of amides is 1. The minimum absolute atomic E-state index is 0.0344. The van der Waals surface area contributed by atoms with Crippen LogP contribution >= 0.6 is 0 Å². The first-order valence-electron chi connectivity index (χ1n) is 7.37. The predicted molar refractivity (Wildman–Crippen MR) is 86.9 cm³/mol. The third kappa shape index (κ3) is 3.52. The molecule has 124 valence electrons. The maximum atomic E-state index is 12.9. The Morgan fingerprint density at radius 1 is 1.29 bits per heavy atom. The third-order valence-corrected chi connectivity index (χ3v) is 3.62. The van der Waals surface area contributed by atoms with Gasteiger partial charge < -0.3 is 20.6 Å². The number of hydrogen-bond donors (Lipinski definition) is 3. The van der Waals surface area contributed by atoms with E-state index < -0.39 is 6.04 Å². The van der Waals surface area contributed by atoms with E-state index in [-0.39, 0.29) is 24.3 Å². The number of aliphatic hydroxyl groups excluding tert-OH is 1. The highest BCUT2D eigenvalue weighted by molar-refractivity contribution is 5.97. The van der Waals surface area contributed by atoms with Crippen LogP contribution in [-0.2, 0) is 6.42 Å². The Kier molecular flexibility index (Phi) is 4.43. The molecule has 0 bridgehead atoms. The Morgan fingerprint density at radius 2 is 2.04 bits per heavy atom. The zero-order chi connectivity index (χ0) is 17.1. The van der Waals surface area contributed by atoms with Crippen molar-refractivity contribution in [1.82, 2.24) is 10.3 Å². The van der Waals surface area contributed by atoms with Crippen molar-refractivity contribution < 1.29 is 18.7 Å². The first-order chi connectivity index (χ1) is 11.5. The molecule has 2 aromatic carbocycles. The Balaban J connectivity index is 1.71. The van der Waals surface area contributed by atoms with E-state index >= 15 is 0 Å². The molecule has 7 heteroatoms. The molecule has 0 aliphatic heterocycles. The highest BCUT2D eigenvalue weighted by Gasteiger charge is 2.15. The van der Waals surface area contributed by atoms with E-state index in [1.807, 2.05) is 0 Å². The number of nitrogen functional groups attached to an aromatic ring is 1. The van der Waals surface area contributed by atoms with Gasteiger partial charge in [0, 0.05) is 5.56 Å². The number of carbonyl (C=O) groups excluding carboxylic acids is 1. The van der Waals surface area contributed by atoms with Gasteiger partial charge in [0.05, 0.1) is 12.6 Å². The van der Waals surface area contributed by atoms with Crippen molar-refractivity contribution in [2.75, 3.05) is 12.3 Å². The highest BCUT2D eigenvalue weighted by atomic mass is 19.1. The third-order valence-electron chi connectivity index (χ3n) is 3.62. The molecule has 0 spiro atoms. The number of anilines is 1.